The zero-order chi connectivity index (χ0) is 15.5. The number of nitrogens with one attached hydrogen (secondary N) is 1. The molecule has 1 aromatic carbocycles. The van der Waals surface area contributed by atoms with E-state index < -0.39 is 5.91 Å². The van der Waals surface area contributed by atoms with Crippen molar-refractivity contribution in [3.05, 3.63) is 30.3 Å². The van der Waals surface area contributed by atoms with Gasteiger partial charge in [-0.25, -0.2) is 0 Å². The van der Waals surface area contributed by atoms with Crippen LogP contribution in [0, 0.1) is 11.8 Å². The molecule has 1 aliphatic carbocycles. The highest BCUT2D eigenvalue weighted by Gasteiger charge is 2.40. The molecular formula is C15H15N3O4. The van der Waals surface area contributed by atoms with Gasteiger partial charge in [-0.05, 0) is 24.5 Å². The van der Waals surface area contributed by atoms with E-state index in [0.717, 1.165) is 12.0 Å². The van der Waals surface area contributed by atoms with E-state index in [-0.39, 0.29) is 24.5 Å². The third kappa shape index (κ3) is 3.30. The minimum absolute atomic E-state index is 0.0281. The topological polar surface area (TPSA) is 94.3 Å². The van der Waals surface area contributed by atoms with E-state index in [2.05, 4.69) is 15.5 Å². The first-order valence-electron chi connectivity index (χ1n) is 6.99. The van der Waals surface area contributed by atoms with Crippen LogP contribution >= 0.6 is 0 Å². The van der Waals surface area contributed by atoms with E-state index in [1.807, 2.05) is 37.3 Å². The fourth-order valence-electron chi connectivity index (χ4n) is 2.02. The summed E-state index contributed by atoms with van der Waals surface area (Å²) in [6, 6.07) is 9.17. The smallest absolute Gasteiger partial charge is 0.322 e. The summed E-state index contributed by atoms with van der Waals surface area (Å²) in [4.78, 5) is 23.2. The molecule has 0 bridgehead atoms. The Balaban J connectivity index is 1.52. The minimum atomic E-state index is -0.509. The molecule has 3 rings (SSSR count). The van der Waals surface area contributed by atoms with Gasteiger partial charge in [0.2, 0.25) is 5.89 Å². The fraction of sp³-hybridized carbons (Fsp3) is 0.333. The number of anilines is 1. The van der Waals surface area contributed by atoms with Gasteiger partial charge in [-0.2, -0.15) is 0 Å². The van der Waals surface area contributed by atoms with Crippen molar-refractivity contribution in [3.63, 3.8) is 0 Å². The van der Waals surface area contributed by atoms with Crippen LogP contribution in [0.5, 0.6) is 0 Å². The summed E-state index contributed by atoms with van der Waals surface area (Å²) >= 11 is 0. The van der Waals surface area contributed by atoms with Gasteiger partial charge in [0, 0.05) is 5.56 Å². The quantitative estimate of drug-likeness (QED) is 0.847. The van der Waals surface area contributed by atoms with Gasteiger partial charge in [0.05, 0.1) is 5.92 Å². The number of esters is 1. The Morgan fingerprint density at radius 1 is 1.32 bits per heavy atom. The third-order valence-corrected chi connectivity index (χ3v) is 3.45. The van der Waals surface area contributed by atoms with Crippen LogP contribution in [0.1, 0.15) is 13.3 Å². The number of nitrogens with zero attached hydrogens (tertiary/aromatic N) is 2. The molecule has 0 unspecified atom stereocenters. The van der Waals surface area contributed by atoms with Crippen molar-refractivity contribution in [3.8, 4) is 11.5 Å². The van der Waals surface area contributed by atoms with Gasteiger partial charge < -0.3 is 9.15 Å². The first-order chi connectivity index (χ1) is 10.6. The number of carbonyl (C=O) groups excluding carboxylic acids is 2. The van der Waals surface area contributed by atoms with E-state index in [9.17, 15) is 9.59 Å². The predicted molar refractivity (Wildman–Crippen MR) is 76.6 cm³/mol. The standard InChI is InChI=1S/C15H15N3O4/c1-9-7-11(9)14(20)21-8-12(19)16-15-18-17-13(22-15)10-5-3-2-4-6-10/h2-6,9,11H,7-8H2,1H3,(H,16,18,19)/t9-,11+/m0/s1. The molecule has 1 aromatic heterocycles. The van der Waals surface area contributed by atoms with Crippen LogP contribution in [0.3, 0.4) is 0 Å². The molecule has 1 heterocycles. The Labute approximate surface area is 126 Å². The molecule has 22 heavy (non-hydrogen) atoms. The number of rotatable bonds is 5. The van der Waals surface area contributed by atoms with Crippen molar-refractivity contribution < 1.29 is 18.7 Å². The van der Waals surface area contributed by atoms with Crippen LogP contribution in [0.25, 0.3) is 11.5 Å². The van der Waals surface area contributed by atoms with Gasteiger partial charge in [-0.3, -0.25) is 14.9 Å². The van der Waals surface area contributed by atoms with Crippen molar-refractivity contribution in [1.82, 2.24) is 10.2 Å². The predicted octanol–water partition coefficient (Wildman–Crippen LogP) is 1.87. The lowest BCUT2D eigenvalue weighted by molar-refractivity contribution is -0.148. The number of benzene rings is 1. The van der Waals surface area contributed by atoms with Crippen LogP contribution < -0.4 is 5.32 Å². The highest BCUT2D eigenvalue weighted by Crippen LogP contribution is 2.38. The molecule has 0 spiro atoms. The first kappa shape index (κ1) is 14.2. The molecule has 0 aliphatic heterocycles. The van der Waals surface area contributed by atoms with E-state index in [1.54, 1.807) is 0 Å². The molecule has 0 radical (unpaired) electrons. The molecular weight excluding hydrogens is 286 g/mol. The van der Waals surface area contributed by atoms with Crippen LogP contribution in [0.2, 0.25) is 0 Å². The Morgan fingerprint density at radius 3 is 2.73 bits per heavy atom. The Kier molecular flexibility index (Phi) is 3.86. The third-order valence-electron chi connectivity index (χ3n) is 3.45. The molecule has 1 amide bonds. The van der Waals surface area contributed by atoms with Gasteiger partial charge in [0.25, 0.3) is 5.91 Å². The maximum absolute atomic E-state index is 11.7. The number of ether oxygens (including phenoxy) is 1. The van der Waals surface area contributed by atoms with Gasteiger partial charge in [0.15, 0.2) is 6.61 Å². The average Bonchev–Trinajstić information content (AvgIpc) is 3.08. The zero-order valence-corrected chi connectivity index (χ0v) is 12.0. The van der Waals surface area contributed by atoms with E-state index in [4.69, 9.17) is 9.15 Å². The summed E-state index contributed by atoms with van der Waals surface area (Å²) < 4.78 is 10.3. The van der Waals surface area contributed by atoms with Crippen molar-refractivity contribution in [2.45, 2.75) is 13.3 Å². The van der Waals surface area contributed by atoms with Gasteiger partial charge in [-0.15, -0.1) is 5.10 Å². The number of amides is 1. The van der Waals surface area contributed by atoms with Gasteiger partial charge >= 0.3 is 12.0 Å². The van der Waals surface area contributed by atoms with Crippen molar-refractivity contribution in [1.29, 1.82) is 0 Å². The molecule has 0 saturated heterocycles. The van der Waals surface area contributed by atoms with Gasteiger partial charge in [0.1, 0.15) is 0 Å². The molecule has 2 atom stereocenters. The largest absolute Gasteiger partial charge is 0.455 e. The second-order valence-electron chi connectivity index (χ2n) is 5.25. The maximum Gasteiger partial charge on any atom is 0.322 e. The molecule has 114 valence electrons. The summed E-state index contributed by atoms with van der Waals surface area (Å²) in [5, 5.41) is 9.98. The van der Waals surface area contributed by atoms with E-state index >= 15 is 0 Å². The average molecular weight is 301 g/mol. The molecule has 1 aliphatic rings. The summed E-state index contributed by atoms with van der Waals surface area (Å²) in [6.45, 7) is 1.61. The first-order valence-corrected chi connectivity index (χ1v) is 6.99. The van der Waals surface area contributed by atoms with Crippen LogP contribution in [-0.4, -0.2) is 28.7 Å². The summed E-state index contributed by atoms with van der Waals surface area (Å²) in [6.07, 6.45) is 0.824. The van der Waals surface area contributed by atoms with Crippen LogP contribution in [-0.2, 0) is 14.3 Å². The summed E-state index contributed by atoms with van der Waals surface area (Å²) in [7, 11) is 0. The molecule has 7 heteroatoms. The maximum atomic E-state index is 11.7. The molecule has 7 nitrogen and oxygen atoms in total. The number of carbonyl (C=O) groups is 2. The van der Waals surface area contributed by atoms with Crippen molar-refractivity contribution >= 4 is 17.9 Å². The van der Waals surface area contributed by atoms with E-state index in [0.29, 0.717) is 11.8 Å². The highest BCUT2D eigenvalue weighted by atomic mass is 16.5. The molecule has 1 fully saturated rings. The van der Waals surface area contributed by atoms with E-state index in [1.165, 1.54) is 0 Å². The number of aromatic nitrogens is 2. The van der Waals surface area contributed by atoms with Crippen molar-refractivity contribution in [2.75, 3.05) is 11.9 Å². The second-order valence-corrected chi connectivity index (χ2v) is 5.25. The lowest BCUT2D eigenvalue weighted by Crippen LogP contribution is -2.21. The van der Waals surface area contributed by atoms with Crippen LogP contribution in [0.15, 0.2) is 34.7 Å². The SMILES string of the molecule is C[C@H]1C[C@H]1C(=O)OCC(=O)Nc1nnc(-c2ccccc2)o1. The Hall–Kier alpha value is -2.70. The molecule has 1 N–H and O–H groups in total. The monoisotopic (exact) mass is 301 g/mol. The normalized spacial score (nSPS) is 19.5. The van der Waals surface area contributed by atoms with Crippen LogP contribution in [0.4, 0.5) is 6.01 Å². The summed E-state index contributed by atoms with van der Waals surface area (Å²) in [5.74, 6) is -0.261. The minimum Gasteiger partial charge on any atom is -0.455 e. The highest BCUT2D eigenvalue weighted by molar-refractivity contribution is 5.91. The van der Waals surface area contributed by atoms with Crippen molar-refractivity contribution in [2.24, 2.45) is 11.8 Å². The Bertz CT molecular complexity index is 683. The molecule has 1 saturated carbocycles. The lowest BCUT2D eigenvalue weighted by atomic mass is 10.2. The van der Waals surface area contributed by atoms with Gasteiger partial charge in [-0.1, -0.05) is 30.2 Å². The number of hydrogen-bond donors (Lipinski definition) is 1. The fourth-order valence-corrected chi connectivity index (χ4v) is 2.02. The Morgan fingerprint density at radius 2 is 2.05 bits per heavy atom. The lowest BCUT2D eigenvalue weighted by Gasteiger charge is -2.02. The second kappa shape index (κ2) is 5.97. The molecule has 2 aromatic rings. The number of hydrogen-bond acceptors (Lipinski definition) is 6. The zero-order valence-electron chi connectivity index (χ0n) is 12.0. The summed E-state index contributed by atoms with van der Waals surface area (Å²) in [5.41, 5.74) is 0.754.